The second kappa shape index (κ2) is 4.37. The van der Waals surface area contributed by atoms with E-state index in [1.165, 1.54) is 0 Å². The molecular weight excluding hydrogens is 232 g/mol. The van der Waals surface area contributed by atoms with Crippen LogP contribution in [0.5, 0.6) is 0 Å². The number of hydrogen-bond acceptors (Lipinski definition) is 2. The van der Waals surface area contributed by atoms with Gasteiger partial charge in [0.05, 0.1) is 16.7 Å². The molecule has 4 heteroatoms. The second-order valence-corrected chi connectivity index (χ2v) is 4.17. The fourth-order valence-electron chi connectivity index (χ4n) is 0.783. The van der Waals surface area contributed by atoms with Crippen molar-refractivity contribution in [3.63, 3.8) is 0 Å². The molecule has 1 amide bonds. The Balaban J connectivity index is 2.65. The summed E-state index contributed by atoms with van der Waals surface area (Å²) in [7, 11) is 0. The van der Waals surface area contributed by atoms with Crippen LogP contribution in [-0.2, 0) is 4.79 Å². The second-order valence-electron chi connectivity index (χ2n) is 2.79. The van der Waals surface area contributed by atoms with E-state index in [0.717, 1.165) is 11.4 Å². The van der Waals surface area contributed by atoms with Gasteiger partial charge >= 0.3 is 0 Å². The smallest absolute Gasteiger partial charge is 0.237 e. The molecule has 0 saturated heterocycles. The minimum atomic E-state index is -0.186. The van der Waals surface area contributed by atoms with E-state index >= 15 is 0 Å². The summed E-state index contributed by atoms with van der Waals surface area (Å²) in [4.78, 5) is 15.1. The van der Waals surface area contributed by atoms with E-state index in [0.29, 0.717) is 0 Å². The van der Waals surface area contributed by atoms with Gasteiger partial charge in [0.2, 0.25) is 5.91 Å². The molecule has 0 spiro atoms. The highest BCUT2D eigenvalue weighted by Crippen LogP contribution is 2.07. The van der Waals surface area contributed by atoms with Crippen LogP contribution in [0.1, 0.15) is 12.6 Å². The molecule has 13 heavy (non-hydrogen) atoms. The van der Waals surface area contributed by atoms with Crippen LogP contribution in [0.2, 0.25) is 0 Å². The van der Waals surface area contributed by atoms with E-state index in [4.69, 9.17) is 0 Å². The third-order valence-corrected chi connectivity index (χ3v) is 1.96. The Bertz CT molecular complexity index is 295. The molecule has 0 fully saturated rings. The van der Waals surface area contributed by atoms with Gasteiger partial charge in [0.25, 0.3) is 0 Å². The van der Waals surface area contributed by atoms with Gasteiger partial charge in [-0.25, -0.2) is 0 Å². The number of nitrogens with zero attached hydrogens (tertiary/aromatic N) is 1. The monoisotopic (exact) mass is 242 g/mol. The predicted octanol–water partition coefficient (Wildman–Crippen LogP) is 2.11. The molecule has 0 aliphatic carbocycles. The number of nitrogens with one attached hydrogen (secondary N) is 1. The van der Waals surface area contributed by atoms with Crippen LogP contribution >= 0.6 is 15.9 Å². The van der Waals surface area contributed by atoms with Crippen LogP contribution < -0.4 is 5.32 Å². The summed E-state index contributed by atoms with van der Waals surface area (Å²) < 4.78 is 0. The minimum absolute atomic E-state index is 0.0642. The molecule has 0 bridgehead atoms. The molecule has 0 aliphatic rings. The predicted molar refractivity (Wildman–Crippen MR) is 56.0 cm³/mol. The van der Waals surface area contributed by atoms with Gasteiger partial charge in [-0.05, 0) is 26.0 Å². The Kier molecular flexibility index (Phi) is 3.42. The van der Waals surface area contributed by atoms with E-state index in [9.17, 15) is 4.79 Å². The number of aromatic nitrogens is 1. The van der Waals surface area contributed by atoms with Crippen LogP contribution in [0, 0.1) is 6.92 Å². The Morgan fingerprint density at radius 2 is 2.31 bits per heavy atom. The number of carbonyl (C=O) groups is 1. The molecule has 3 nitrogen and oxygen atoms in total. The van der Waals surface area contributed by atoms with Gasteiger partial charge in [-0.2, -0.15) is 0 Å². The summed E-state index contributed by atoms with van der Waals surface area (Å²) in [5.74, 6) is -0.0642. The SMILES string of the molecule is Cc1ccc(NC(=O)C(C)Br)cn1. The maximum absolute atomic E-state index is 11.2. The van der Waals surface area contributed by atoms with Gasteiger partial charge in [0, 0.05) is 5.69 Å². The molecule has 1 unspecified atom stereocenters. The third-order valence-electron chi connectivity index (χ3n) is 1.54. The molecule has 70 valence electrons. The van der Waals surface area contributed by atoms with Gasteiger partial charge in [-0.15, -0.1) is 0 Å². The number of hydrogen-bond donors (Lipinski definition) is 1. The number of aryl methyl sites for hydroxylation is 1. The number of pyridine rings is 1. The highest BCUT2D eigenvalue weighted by Gasteiger charge is 2.07. The summed E-state index contributed by atoms with van der Waals surface area (Å²) in [6, 6.07) is 3.68. The van der Waals surface area contributed by atoms with Gasteiger partial charge in [-0.3, -0.25) is 9.78 Å². The van der Waals surface area contributed by atoms with E-state index in [-0.39, 0.29) is 10.7 Å². The van der Waals surface area contributed by atoms with Crippen molar-refractivity contribution < 1.29 is 4.79 Å². The Morgan fingerprint density at radius 1 is 1.62 bits per heavy atom. The van der Waals surface area contributed by atoms with E-state index < -0.39 is 0 Å². The Morgan fingerprint density at radius 3 is 2.77 bits per heavy atom. The highest BCUT2D eigenvalue weighted by molar-refractivity contribution is 9.10. The summed E-state index contributed by atoms with van der Waals surface area (Å²) in [6.07, 6.45) is 1.64. The molecule has 1 atom stereocenters. The maximum Gasteiger partial charge on any atom is 0.237 e. The van der Waals surface area contributed by atoms with Crippen LogP contribution in [0.15, 0.2) is 18.3 Å². The zero-order valence-electron chi connectivity index (χ0n) is 7.54. The van der Waals surface area contributed by atoms with Crippen LogP contribution in [0.25, 0.3) is 0 Å². The first-order valence-electron chi connectivity index (χ1n) is 3.97. The molecule has 0 aromatic carbocycles. The topological polar surface area (TPSA) is 42.0 Å². The maximum atomic E-state index is 11.2. The van der Waals surface area contributed by atoms with E-state index in [1.807, 2.05) is 19.1 Å². The first-order valence-corrected chi connectivity index (χ1v) is 4.89. The first-order chi connectivity index (χ1) is 6.09. The lowest BCUT2D eigenvalue weighted by molar-refractivity contribution is -0.115. The lowest BCUT2D eigenvalue weighted by Gasteiger charge is -2.05. The van der Waals surface area contributed by atoms with Crippen LogP contribution in [-0.4, -0.2) is 15.7 Å². The van der Waals surface area contributed by atoms with E-state index in [2.05, 4.69) is 26.2 Å². The standard InChI is InChI=1S/C9H11BrN2O/c1-6-3-4-8(5-11-6)12-9(13)7(2)10/h3-5,7H,1-2H3,(H,12,13). The van der Waals surface area contributed by atoms with E-state index in [1.54, 1.807) is 13.1 Å². The molecule has 0 aliphatic heterocycles. The Hall–Kier alpha value is -0.900. The van der Waals surface area contributed by atoms with Crippen molar-refractivity contribution in [2.75, 3.05) is 5.32 Å². The van der Waals surface area contributed by atoms with Crippen molar-refractivity contribution in [1.29, 1.82) is 0 Å². The van der Waals surface area contributed by atoms with Crippen LogP contribution in [0.3, 0.4) is 0 Å². The number of alkyl halides is 1. The molecular formula is C9H11BrN2O. The summed E-state index contributed by atoms with van der Waals surface area (Å²) in [6.45, 7) is 3.68. The third kappa shape index (κ3) is 3.14. The quantitative estimate of drug-likeness (QED) is 0.808. The molecule has 0 saturated carbocycles. The lowest BCUT2D eigenvalue weighted by atomic mass is 10.3. The van der Waals surface area contributed by atoms with Crippen molar-refractivity contribution in [2.24, 2.45) is 0 Å². The van der Waals surface area contributed by atoms with Crippen molar-refractivity contribution >= 4 is 27.5 Å². The largest absolute Gasteiger partial charge is 0.324 e. The summed E-state index contributed by atoms with van der Waals surface area (Å²) >= 11 is 3.18. The number of amides is 1. The number of carbonyl (C=O) groups excluding carboxylic acids is 1. The molecule has 0 radical (unpaired) electrons. The van der Waals surface area contributed by atoms with Crippen molar-refractivity contribution in [2.45, 2.75) is 18.7 Å². The zero-order chi connectivity index (χ0) is 9.84. The fraction of sp³-hybridized carbons (Fsp3) is 0.333. The lowest BCUT2D eigenvalue weighted by Crippen LogP contribution is -2.19. The molecule has 1 aromatic rings. The summed E-state index contributed by atoms with van der Waals surface area (Å²) in [5.41, 5.74) is 1.66. The fourth-order valence-corrected chi connectivity index (χ4v) is 0.898. The normalized spacial score (nSPS) is 12.2. The molecule has 1 N–H and O–H groups in total. The highest BCUT2D eigenvalue weighted by atomic mass is 79.9. The van der Waals surface area contributed by atoms with Crippen molar-refractivity contribution in [1.82, 2.24) is 4.98 Å². The first kappa shape index (κ1) is 10.2. The molecule has 1 aromatic heterocycles. The number of rotatable bonds is 2. The average Bonchev–Trinajstić information content (AvgIpc) is 2.08. The average molecular weight is 243 g/mol. The zero-order valence-corrected chi connectivity index (χ0v) is 9.13. The number of anilines is 1. The minimum Gasteiger partial charge on any atom is -0.324 e. The van der Waals surface area contributed by atoms with Gasteiger partial charge in [0.15, 0.2) is 0 Å². The van der Waals surface area contributed by atoms with Crippen molar-refractivity contribution in [3.8, 4) is 0 Å². The van der Waals surface area contributed by atoms with Crippen LogP contribution in [0.4, 0.5) is 5.69 Å². The summed E-state index contributed by atoms with van der Waals surface area (Å²) in [5, 5.41) is 2.72. The van der Waals surface area contributed by atoms with Gasteiger partial charge in [-0.1, -0.05) is 15.9 Å². The van der Waals surface area contributed by atoms with Crippen molar-refractivity contribution in [3.05, 3.63) is 24.0 Å². The number of halogens is 1. The molecule has 1 rings (SSSR count). The van der Waals surface area contributed by atoms with Gasteiger partial charge < -0.3 is 5.32 Å². The Labute approximate surface area is 85.7 Å². The molecule has 1 heterocycles. The van der Waals surface area contributed by atoms with Gasteiger partial charge in [0.1, 0.15) is 0 Å².